The fraction of sp³-hybridized carbons (Fsp3) is 0.450. The van der Waals surface area contributed by atoms with Gasteiger partial charge < -0.3 is 10.1 Å². The first-order valence-corrected chi connectivity index (χ1v) is 10.8. The Bertz CT molecular complexity index is 775. The molecule has 1 N–H and O–H groups in total. The first kappa shape index (κ1) is 22.5. The molecule has 0 aliphatic rings. The maximum atomic E-state index is 12.4. The second-order valence-corrected chi connectivity index (χ2v) is 9.01. The molecule has 0 fully saturated rings. The molecule has 1 aromatic carbocycles. The van der Waals surface area contributed by atoms with Crippen LogP contribution >= 0.6 is 27.3 Å². The Balaban J connectivity index is 1.89. The van der Waals surface area contributed by atoms with E-state index in [1.165, 1.54) is 11.3 Å². The van der Waals surface area contributed by atoms with Crippen molar-refractivity contribution in [3.05, 3.63) is 50.9 Å². The number of carbonyl (C=O) groups is 2. The van der Waals surface area contributed by atoms with Crippen molar-refractivity contribution in [2.24, 2.45) is 0 Å². The van der Waals surface area contributed by atoms with Gasteiger partial charge in [-0.3, -0.25) is 9.69 Å². The summed E-state index contributed by atoms with van der Waals surface area (Å²) in [5.41, 5.74) is 0.631. The van der Waals surface area contributed by atoms with Crippen molar-refractivity contribution in [1.82, 2.24) is 15.2 Å². The predicted octanol–water partition coefficient (Wildman–Crippen LogP) is 4.51. The minimum atomic E-state index is -0.526. The number of benzene rings is 1. The summed E-state index contributed by atoms with van der Waals surface area (Å²) < 4.78 is 5.95. The molecule has 1 aromatic heterocycles. The number of halogens is 1. The minimum Gasteiger partial charge on any atom is -0.444 e. The van der Waals surface area contributed by atoms with Gasteiger partial charge in [-0.25, -0.2) is 9.78 Å². The van der Waals surface area contributed by atoms with E-state index in [1.807, 2.05) is 51.1 Å². The Hall–Kier alpha value is -1.77. The summed E-state index contributed by atoms with van der Waals surface area (Å²) in [5.74, 6) is 0.0221. The number of hydrogen-bond donors (Lipinski definition) is 1. The fourth-order valence-electron chi connectivity index (χ4n) is 2.49. The average Bonchev–Trinajstić information content (AvgIpc) is 3.05. The Morgan fingerprint density at radius 2 is 1.93 bits per heavy atom. The van der Waals surface area contributed by atoms with Gasteiger partial charge in [0, 0.05) is 38.0 Å². The average molecular weight is 468 g/mol. The van der Waals surface area contributed by atoms with Crippen molar-refractivity contribution in [3.63, 3.8) is 0 Å². The highest BCUT2D eigenvalue weighted by molar-refractivity contribution is 9.10. The largest absolute Gasteiger partial charge is 0.444 e. The van der Waals surface area contributed by atoms with Gasteiger partial charge in [-0.2, -0.15) is 0 Å². The Kier molecular flexibility index (Phi) is 8.59. The summed E-state index contributed by atoms with van der Waals surface area (Å²) in [7, 11) is 0. The Morgan fingerprint density at radius 1 is 1.21 bits per heavy atom. The molecule has 1 heterocycles. The topological polar surface area (TPSA) is 71.5 Å². The summed E-state index contributed by atoms with van der Waals surface area (Å²) in [6.45, 7) is 7.83. The summed E-state index contributed by atoms with van der Waals surface area (Å²) in [6, 6.07) is 10.1. The van der Waals surface area contributed by atoms with Crippen LogP contribution in [0.5, 0.6) is 0 Å². The molecule has 152 valence electrons. The van der Waals surface area contributed by atoms with Gasteiger partial charge in [-0.15, -0.1) is 11.3 Å². The van der Waals surface area contributed by atoms with Crippen molar-refractivity contribution >= 4 is 39.1 Å². The molecule has 0 saturated carbocycles. The molecule has 1 amide bonds. The van der Waals surface area contributed by atoms with Crippen LogP contribution in [-0.4, -0.2) is 47.0 Å². The molecule has 0 unspecified atom stereocenters. The van der Waals surface area contributed by atoms with E-state index in [2.05, 4.69) is 31.1 Å². The van der Waals surface area contributed by atoms with E-state index in [9.17, 15) is 9.59 Å². The monoisotopic (exact) mass is 467 g/mol. The third-order valence-electron chi connectivity index (χ3n) is 3.72. The van der Waals surface area contributed by atoms with Crippen LogP contribution in [0.15, 0.2) is 40.3 Å². The van der Waals surface area contributed by atoms with Crippen molar-refractivity contribution in [3.8, 4) is 0 Å². The summed E-state index contributed by atoms with van der Waals surface area (Å²) in [6.07, 6.45) is -0.0601. The number of carbonyl (C=O) groups excluding carboxylic acids is 2. The molecule has 0 spiro atoms. The minimum absolute atomic E-state index is 0.0221. The van der Waals surface area contributed by atoms with Gasteiger partial charge in [0.15, 0.2) is 10.8 Å². The van der Waals surface area contributed by atoms with Gasteiger partial charge in [-0.05, 0) is 42.3 Å². The Labute approximate surface area is 178 Å². The smallest absolute Gasteiger partial charge is 0.407 e. The normalized spacial score (nSPS) is 11.5. The predicted molar refractivity (Wildman–Crippen MR) is 115 cm³/mol. The number of amides is 1. The SMILES string of the molecule is CC(C)(C)OC(=O)NCCN(CCC(=O)c1nc(Br)cs1)Cc1ccccc1. The van der Waals surface area contributed by atoms with E-state index in [4.69, 9.17) is 4.74 Å². The second-order valence-electron chi connectivity index (χ2n) is 7.34. The van der Waals surface area contributed by atoms with Crippen LogP contribution in [0.4, 0.5) is 4.79 Å². The van der Waals surface area contributed by atoms with E-state index in [0.29, 0.717) is 42.2 Å². The van der Waals surface area contributed by atoms with Crippen molar-refractivity contribution in [1.29, 1.82) is 0 Å². The number of rotatable bonds is 9. The number of alkyl carbamates (subject to hydrolysis) is 1. The number of thiazole rings is 1. The molecule has 0 aliphatic carbocycles. The second kappa shape index (κ2) is 10.7. The number of hydrogen-bond acceptors (Lipinski definition) is 6. The molecule has 28 heavy (non-hydrogen) atoms. The molecule has 0 saturated heterocycles. The van der Waals surface area contributed by atoms with Crippen LogP contribution in [0.3, 0.4) is 0 Å². The maximum absolute atomic E-state index is 12.4. The summed E-state index contributed by atoms with van der Waals surface area (Å²) in [5, 5.41) is 5.09. The molecule has 6 nitrogen and oxygen atoms in total. The van der Waals surface area contributed by atoms with Gasteiger partial charge in [0.05, 0.1) is 0 Å². The number of nitrogens with zero attached hydrogens (tertiary/aromatic N) is 2. The fourth-order valence-corrected chi connectivity index (χ4v) is 3.71. The number of Topliss-reactive ketones (excluding diaryl/α,β-unsaturated/α-hetero) is 1. The van der Waals surface area contributed by atoms with E-state index in [0.717, 1.165) is 5.56 Å². The first-order valence-electron chi connectivity index (χ1n) is 9.10. The molecule has 2 aromatic rings. The highest BCUT2D eigenvalue weighted by Crippen LogP contribution is 2.17. The lowest BCUT2D eigenvalue weighted by molar-refractivity contribution is 0.0520. The zero-order chi connectivity index (χ0) is 20.6. The van der Waals surface area contributed by atoms with Crippen molar-refractivity contribution in [2.45, 2.75) is 39.3 Å². The first-order chi connectivity index (χ1) is 13.2. The zero-order valence-corrected chi connectivity index (χ0v) is 18.8. The highest BCUT2D eigenvalue weighted by atomic mass is 79.9. The third kappa shape index (κ3) is 8.50. The molecular weight excluding hydrogens is 442 g/mol. The standard InChI is InChI=1S/C20H26BrN3O3S/c1-20(2,3)27-19(26)22-10-12-24(13-15-7-5-4-6-8-15)11-9-16(25)18-23-17(21)14-28-18/h4-8,14H,9-13H2,1-3H3,(H,22,26). The summed E-state index contributed by atoms with van der Waals surface area (Å²) in [4.78, 5) is 30.5. The van der Waals surface area contributed by atoms with E-state index in [1.54, 1.807) is 5.38 Å². The van der Waals surface area contributed by atoms with Gasteiger partial charge >= 0.3 is 6.09 Å². The molecule has 0 bridgehead atoms. The lowest BCUT2D eigenvalue weighted by atomic mass is 10.2. The molecule has 0 aliphatic heterocycles. The molecular formula is C20H26BrN3O3S. The van der Waals surface area contributed by atoms with Crippen LogP contribution in [0, 0.1) is 0 Å². The molecule has 0 radical (unpaired) electrons. The number of nitrogens with one attached hydrogen (secondary N) is 1. The van der Waals surface area contributed by atoms with Crippen LogP contribution in [0.2, 0.25) is 0 Å². The summed E-state index contributed by atoms with van der Waals surface area (Å²) >= 11 is 4.62. The lowest BCUT2D eigenvalue weighted by Crippen LogP contribution is -2.38. The number of aromatic nitrogens is 1. The van der Waals surface area contributed by atoms with Crippen molar-refractivity contribution < 1.29 is 14.3 Å². The van der Waals surface area contributed by atoms with Crippen molar-refractivity contribution in [2.75, 3.05) is 19.6 Å². The highest BCUT2D eigenvalue weighted by Gasteiger charge is 2.17. The van der Waals surface area contributed by atoms with Gasteiger partial charge in [0.1, 0.15) is 10.2 Å². The molecule has 8 heteroatoms. The van der Waals surface area contributed by atoms with Crippen LogP contribution in [0.25, 0.3) is 0 Å². The molecule has 0 atom stereocenters. The van der Waals surface area contributed by atoms with Crippen LogP contribution in [0.1, 0.15) is 42.6 Å². The van der Waals surface area contributed by atoms with Gasteiger partial charge in [0.25, 0.3) is 0 Å². The Morgan fingerprint density at radius 3 is 2.54 bits per heavy atom. The molecule has 2 rings (SSSR count). The third-order valence-corrected chi connectivity index (χ3v) is 5.31. The lowest BCUT2D eigenvalue weighted by Gasteiger charge is -2.23. The number of ether oxygens (including phenoxy) is 1. The van der Waals surface area contributed by atoms with E-state index < -0.39 is 11.7 Å². The zero-order valence-electron chi connectivity index (χ0n) is 16.4. The maximum Gasteiger partial charge on any atom is 0.407 e. The van der Waals surface area contributed by atoms with E-state index in [-0.39, 0.29) is 5.78 Å². The van der Waals surface area contributed by atoms with Crippen LogP contribution in [-0.2, 0) is 11.3 Å². The van der Waals surface area contributed by atoms with Crippen LogP contribution < -0.4 is 5.32 Å². The van der Waals surface area contributed by atoms with E-state index >= 15 is 0 Å². The van der Waals surface area contributed by atoms with Gasteiger partial charge in [-0.1, -0.05) is 30.3 Å². The number of ketones is 1. The quantitative estimate of drug-likeness (QED) is 0.549. The van der Waals surface area contributed by atoms with Gasteiger partial charge in [0.2, 0.25) is 0 Å².